The van der Waals surface area contributed by atoms with Crippen molar-refractivity contribution in [3.63, 3.8) is 0 Å². The van der Waals surface area contributed by atoms with Crippen molar-refractivity contribution in [2.75, 3.05) is 13.2 Å². The first-order chi connectivity index (χ1) is 8.00. The van der Waals surface area contributed by atoms with E-state index in [-0.39, 0.29) is 12.2 Å². The molecular formula is C12H11F3O2. The molecule has 0 radical (unpaired) electrons. The second-order valence-corrected chi connectivity index (χ2v) is 3.97. The zero-order chi connectivity index (χ0) is 12.5. The Morgan fingerprint density at radius 1 is 1.29 bits per heavy atom. The van der Waals surface area contributed by atoms with Crippen LogP contribution in [0.25, 0.3) is 0 Å². The predicted octanol–water partition coefficient (Wildman–Crippen LogP) is 2.92. The summed E-state index contributed by atoms with van der Waals surface area (Å²) in [7, 11) is 0. The molecule has 1 aromatic rings. The highest BCUT2D eigenvalue weighted by atomic mass is 19.4. The van der Waals surface area contributed by atoms with E-state index in [9.17, 15) is 18.0 Å². The minimum atomic E-state index is -4.49. The molecule has 2 rings (SSSR count). The molecule has 2 nitrogen and oxygen atoms in total. The van der Waals surface area contributed by atoms with Crippen molar-refractivity contribution in [3.05, 3.63) is 35.4 Å². The molecule has 0 aliphatic carbocycles. The average molecular weight is 244 g/mol. The van der Waals surface area contributed by atoms with E-state index < -0.39 is 23.4 Å². The van der Waals surface area contributed by atoms with Crippen molar-refractivity contribution in [2.45, 2.75) is 12.6 Å². The fraction of sp³-hybridized carbons (Fsp3) is 0.417. The minimum Gasteiger partial charge on any atom is -0.381 e. The van der Waals surface area contributed by atoms with E-state index in [2.05, 4.69) is 0 Å². The number of benzene rings is 1. The Morgan fingerprint density at radius 3 is 2.59 bits per heavy atom. The van der Waals surface area contributed by atoms with Gasteiger partial charge in [-0.3, -0.25) is 4.79 Å². The fourth-order valence-electron chi connectivity index (χ4n) is 1.91. The normalized spacial score (nSPS) is 20.5. The van der Waals surface area contributed by atoms with Crippen LogP contribution in [0.3, 0.4) is 0 Å². The van der Waals surface area contributed by atoms with Gasteiger partial charge in [-0.25, -0.2) is 0 Å². The van der Waals surface area contributed by atoms with Crippen LogP contribution in [0.5, 0.6) is 0 Å². The van der Waals surface area contributed by atoms with Crippen LogP contribution in [0.15, 0.2) is 24.3 Å². The van der Waals surface area contributed by atoms with Gasteiger partial charge in [0.25, 0.3) is 0 Å². The molecule has 0 aromatic heterocycles. The number of carbonyl (C=O) groups is 1. The summed E-state index contributed by atoms with van der Waals surface area (Å²) in [6.45, 7) is 0.648. The van der Waals surface area contributed by atoms with E-state index in [1.807, 2.05) is 0 Å². The summed E-state index contributed by atoms with van der Waals surface area (Å²) >= 11 is 0. The summed E-state index contributed by atoms with van der Waals surface area (Å²) in [5, 5.41) is 0. The predicted molar refractivity (Wildman–Crippen MR) is 54.7 cm³/mol. The first-order valence-corrected chi connectivity index (χ1v) is 5.28. The zero-order valence-electron chi connectivity index (χ0n) is 8.96. The van der Waals surface area contributed by atoms with Crippen LogP contribution in [0.1, 0.15) is 22.3 Å². The topological polar surface area (TPSA) is 26.3 Å². The van der Waals surface area contributed by atoms with E-state index >= 15 is 0 Å². The number of ether oxygens (including phenoxy) is 1. The minimum absolute atomic E-state index is 0.213. The molecule has 17 heavy (non-hydrogen) atoms. The summed E-state index contributed by atoms with van der Waals surface area (Å²) in [6.07, 6.45) is -4.00. The maximum atomic E-state index is 12.7. The first kappa shape index (κ1) is 12.1. The maximum absolute atomic E-state index is 12.7. The van der Waals surface area contributed by atoms with Crippen molar-refractivity contribution in [1.29, 1.82) is 0 Å². The van der Waals surface area contributed by atoms with Gasteiger partial charge in [-0.05, 0) is 12.5 Å². The van der Waals surface area contributed by atoms with E-state index in [1.165, 1.54) is 18.2 Å². The van der Waals surface area contributed by atoms with E-state index in [4.69, 9.17) is 4.74 Å². The van der Waals surface area contributed by atoms with Crippen LogP contribution < -0.4 is 0 Å². The van der Waals surface area contributed by atoms with E-state index in [0.29, 0.717) is 13.0 Å². The molecule has 0 amide bonds. The number of ketones is 1. The fourth-order valence-corrected chi connectivity index (χ4v) is 1.91. The highest BCUT2D eigenvalue weighted by molar-refractivity contribution is 5.99. The number of hydrogen-bond acceptors (Lipinski definition) is 2. The summed E-state index contributed by atoms with van der Waals surface area (Å²) in [5.74, 6) is -0.922. The second kappa shape index (κ2) is 4.49. The second-order valence-electron chi connectivity index (χ2n) is 3.97. The molecule has 1 saturated heterocycles. The van der Waals surface area contributed by atoms with Crippen molar-refractivity contribution in [2.24, 2.45) is 5.92 Å². The van der Waals surface area contributed by atoms with Crippen molar-refractivity contribution in [3.8, 4) is 0 Å². The molecule has 0 saturated carbocycles. The van der Waals surface area contributed by atoms with Crippen molar-refractivity contribution >= 4 is 5.78 Å². The van der Waals surface area contributed by atoms with Gasteiger partial charge in [-0.1, -0.05) is 18.2 Å². The smallest absolute Gasteiger partial charge is 0.381 e. The number of alkyl halides is 3. The highest BCUT2D eigenvalue weighted by Gasteiger charge is 2.36. The van der Waals surface area contributed by atoms with Gasteiger partial charge in [0.15, 0.2) is 5.78 Å². The molecule has 0 N–H and O–H groups in total. The number of Topliss-reactive ketones (excluding diaryl/α,β-unsaturated/α-hetero) is 1. The van der Waals surface area contributed by atoms with Gasteiger partial charge in [0.2, 0.25) is 0 Å². The Bertz CT molecular complexity index is 420. The van der Waals surface area contributed by atoms with Crippen LogP contribution in [0.4, 0.5) is 13.2 Å². The zero-order valence-corrected chi connectivity index (χ0v) is 8.96. The van der Waals surface area contributed by atoms with E-state index in [0.717, 1.165) is 6.07 Å². The molecule has 0 spiro atoms. The quantitative estimate of drug-likeness (QED) is 0.748. The van der Waals surface area contributed by atoms with Crippen molar-refractivity contribution in [1.82, 2.24) is 0 Å². The third-order valence-electron chi connectivity index (χ3n) is 2.80. The lowest BCUT2D eigenvalue weighted by Crippen LogP contribution is -2.19. The molecule has 0 bridgehead atoms. The number of carbonyl (C=O) groups excluding carboxylic acids is 1. The summed E-state index contributed by atoms with van der Waals surface area (Å²) in [5.41, 5.74) is -1.12. The number of hydrogen-bond donors (Lipinski definition) is 0. The summed E-state index contributed by atoms with van der Waals surface area (Å²) < 4.78 is 43.2. The van der Waals surface area contributed by atoms with Gasteiger partial charge in [0.1, 0.15) is 0 Å². The van der Waals surface area contributed by atoms with Gasteiger partial charge < -0.3 is 4.74 Å². The average Bonchev–Trinajstić information content (AvgIpc) is 2.80. The molecule has 1 aliphatic rings. The Kier molecular flexibility index (Phi) is 3.19. The van der Waals surface area contributed by atoms with Gasteiger partial charge in [-0.15, -0.1) is 0 Å². The van der Waals surface area contributed by atoms with Gasteiger partial charge >= 0.3 is 6.18 Å². The summed E-state index contributed by atoms with van der Waals surface area (Å²) in [6, 6.07) is 4.88. The largest absolute Gasteiger partial charge is 0.417 e. The van der Waals surface area contributed by atoms with Crippen LogP contribution in [-0.2, 0) is 10.9 Å². The molecule has 1 atom stereocenters. The third-order valence-corrected chi connectivity index (χ3v) is 2.80. The Hall–Kier alpha value is -1.36. The molecule has 1 unspecified atom stereocenters. The lowest BCUT2D eigenvalue weighted by molar-refractivity contribution is -0.137. The van der Waals surface area contributed by atoms with Crippen LogP contribution in [0, 0.1) is 5.92 Å². The van der Waals surface area contributed by atoms with Crippen LogP contribution >= 0.6 is 0 Å². The first-order valence-electron chi connectivity index (χ1n) is 5.28. The molecule has 5 heteroatoms. The molecule has 1 fully saturated rings. The monoisotopic (exact) mass is 244 g/mol. The van der Waals surface area contributed by atoms with Gasteiger partial charge in [-0.2, -0.15) is 13.2 Å². The SMILES string of the molecule is O=C(c1ccccc1C(F)(F)F)C1CCOC1. The molecular weight excluding hydrogens is 233 g/mol. The van der Waals surface area contributed by atoms with E-state index in [1.54, 1.807) is 0 Å². The standard InChI is InChI=1S/C12H11F3O2/c13-12(14,15)10-4-2-1-3-9(10)11(16)8-5-6-17-7-8/h1-4,8H,5-7H2. The lowest BCUT2D eigenvalue weighted by Gasteiger charge is -2.13. The Labute approximate surface area is 96.4 Å². The molecule has 92 valence electrons. The maximum Gasteiger partial charge on any atom is 0.417 e. The molecule has 1 aromatic carbocycles. The molecule has 1 aliphatic heterocycles. The number of halogens is 3. The number of rotatable bonds is 2. The van der Waals surface area contributed by atoms with Crippen LogP contribution in [0.2, 0.25) is 0 Å². The van der Waals surface area contributed by atoms with Crippen molar-refractivity contribution < 1.29 is 22.7 Å². The molecule has 1 heterocycles. The Morgan fingerprint density at radius 2 is 2.00 bits per heavy atom. The third kappa shape index (κ3) is 2.49. The Balaban J connectivity index is 2.34. The van der Waals surface area contributed by atoms with Gasteiger partial charge in [0, 0.05) is 18.1 Å². The summed E-state index contributed by atoms with van der Waals surface area (Å²) in [4.78, 5) is 11.9. The van der Waals surface area contributed by atoms with Crippen LogP contribution in [-0.4, -0.2) is 19.0 Å². The highest BCUT2D eigenvalue weighted by Crippen LogP contribution is 2.33. The lowest BCUT2D eigenvalue weighted by atomic mass is 9.93. The van der Waals surface area contributed by atoms with Gasteiger partial charge in [0.05, 0.1) is 12.2 Å².